The van der Waals surface area contributed by atoms with Crippen LogP contribution in [0.4, 0.5) is 4.79 Å². The van der Waals surface area contributed by atoms with Crippen molar-refractivity contribution >= 4 is 28.7 Å². The SMILES string of the molecule is C=C(C#N)C(NC(=O)OC(C)(C)C)c1c(OC)ccc2ccc(-c3cccc(C(=O)N[C@@H]4CCCN(C(C)=O)C4)n3)cc12. The molecule has 43 heavy (non-hydrogen) atoms. The maximum atomic E-state index is 13.1. The van der Waals surface area contributed by atoms with Crippen LogP contribution in [0.2, 0.25) is 0 Å². The predicted molar refractivity (Wildman–Crippen MR) is 163 cm³/mol. The Bertz CT molecular complexity index is 1600. The lowest BCUT2D eigenvalue weighted by Gasteiger charge is -2.32. The van der Waals surface area contributed by atoms with E-state index in [1.54, 1.807) is 49.9 Å². The smallest absolute Gasteiger partial charge is 0.408 e. The highest BCUT2D eigenvalue weighted by Crippen LogP contribution is 2.38. The Balaban J connectivity index is 1.70. The Morgan fingerprint density at radius 2 is 1.91 bits per heavy atom. The molecule has 3 amide bonds. The number of nitrogens with zero attached hydrogens (tertiary/aromatic N) is 3. The molecule has 2 atom stereocenters. The van der Waals surface area contributed by atoms with Crippen LogP contribution in [0.25, 0.3) is 22.0 Å². The zero-order chi connectivity index (χ0) is 31.3. The molecule has 1 aliphatic rings. The van der Waals surface area contributed by atoms with Gasteiger partial charge in [0.05, 0.1) is 24.9 Å². The number of aromatic nitrogens is 1. The number of pyridine rings is 1. The lowest BCUT2D eigenvalue weighted by Crippen LogP contribution is -2.49. The fourth-order valence-corrected chi connectivity index (χ4v) is 5.14. The number of carbonyl (C=O) groups excluding carboxylic acids is 3. The zero-order valence-corrected chi connectivity index (χ0v) is 25.2. The number of benzene rings is 2. The van der Waals surface area contributed by atoms with Gasteiger partial charge in [-0.25, -0.2) is 9.78 Å². The fourth-order valence-electron chi connectivity index (χ4n) is 5.14. The van der Waals surface area contributed by atoms with Crippen molar-refractivity contribution < 1.29 is 23.9 Å². The number of ether oxygens (including phenoxy) is 2. The molecule has 1 saturated heterocycles. The summed E-state index contributed by atoms with van der Waals surface area (Å²) in [4.78, 5) is 44.1. The van der Waals surface area contributed by atoms with Crippen LogP contribution in [0.1, 0.15) is 62.6 Å². The maximum absolute atomic E-state index is 13.1. The van der Waals surface area contributed by atoms with Crippen molar-refractivity contribution in [2.24, 2.45) is 0 Å². The van der Waals surface area contributed by atoms with Gasteiger partial charge in [-0.1, -0.05) is 30.8 Å². The molecule has 0 aliphatic carbocycles. The van der Waals surface area contributed by atoms with E-state index in [1.165, 1.54) is 14.0 Å². The van der Waals surface area contributed by atoms with Crippen LogP contribution < -0.4 is 15.4 Å². The number of nitriles is 1. The highest BCUT2D eigenvalue weighted by Gasteiger charge is 2.27. The van der Waals surface area contributed by atoms with Crippen LogP contribution in [0.5, 0.6) is 5.75 Å². The van der Waals surface area contributed by atoms with Gasteiger partial charge in [0.1, 0.15) is 17.0 Å². The van der Waals surface area contributed by atoms with E-state index in [0.717, 1.165) is 23.8 Å². The molecule has 2 N–H and O–H groups in total. The number of piperidine rings is 1. The van der Waals surface area contributed by atoms with Gasteiger partial charge in [-0.15, -0.1) is 0 Å². The summed E-state index contributed by atoms with van der Waals surface area (Å²) >= 11 is 0. The minimum absolute atomic E-state index is 0.00625. The summed E-state index contributed by atoms with van der Waals surface area (Å²) in [7, 11) is 1.51. The van der Waals surface area contributed by atoms with Crippen molar-refractivity contribution in [3.05, 3.63) is 71.9 Å². The molecule has 0 saturated carbocycles. The zero-order valence-electron chi connectivity index (χ0n) is 25.2. The highest BCUT2D eigenvalue weighted by atomic mass is 16.6. The Labute approximate surface area is 251 Å². The Hall–Kier alpha value is -4.91. The number of methoxy groups -OCH3 is 1. The minimum atomic E-state index is -0.927. The van der Waals surface area contributed by atoms with E-state index >= 15 is 0 Å². The van der Waals surface area contributed by atoms with E-state index in [9.17, 15) is 19.6 Å². The van der Waals surface area contributed by atoms with Crippen molar-refractivity contribution in [1.82, 2.24) is 20.5 Å². The van der Waals surface area contributed by atoms with Crippen molar-refractivity contribution in [2.45, 2.75) is 58.2 Å². The van der Waals surface area contributed by atoms with Crippen LogP contribution in [0, 0.1) is 11.3 Å². The van der Waals surface area contributed by atoms with E-state index in [0.29, 0.717) is 35.5 Å². The lowest BCUT2D eigenvalue weighted by molar-refractivity contribution is -0.130. The summed E-state index contributed by atoms with van der Waals surface area (Å²) in [6, 6.07) is 15.5. The summed E-state index contributed by atoms with van der Waals surface area (Å²) in [5.74, 6) is 0.135. The van der Waals surface area contributed by atoms with Crippen LogP contribution in [0.3, 0.4) is 0 Å². The van der Waals surface area contributed by atoms with Crippen LogP contribution in [0.15, 0.2) is 60.7 Å². The molecule has 3 aromatic rings. The Morgan fingerprint density at radius 3 is 2.58 bits per heavy atom. The second-order valence-corrected chi connectivity index (χ2v) is 11.5. The first-order chi connectivity index (χ1) is 20.4. The third-order valence-corrected chi connectivity index (χ3v) is 7.16. The van der Waals surface area contributed by atoms with Crippen molar-refractivity contribution in [2.75, 3.05) is 20.2 Å². The van der Waals surface area contributed by atoms with Gasteiger partial charge in [0.25, 0.3) is 5.91 Å². The molecule has 0 bridgehead atoms. The number of hydrogen-bond acceptors (Lipinski definition) is 7. The predicted octanol–water partition coefficient (Wildman–Crippen LogP) is 5.30. The van der Waals surface area contributed by atoms with Crippen LogP contribution in [-0.2, 0) is 9.53 Å². The molecule has 224 valence electrons. The van der Waals surface area contributed by atoms with Crippen molar-refractivity contribution in [3.8, 4) is 23.1 Å². The Kier molecular flexibility index (Phi) is 9.34. The summed E-state index contributed by atoms with van der Waals surface area (Å²) in [5, 5.41) is 17.1. The topological polar surface area (TPSA) is 134 Å². The third-order valence-electron chi connectivity index (χ3n) is 7.16. The van der Waals surface area contributed by atoms with Gasteiger partial charge in [-0.05, 0) is 68.7 Å². The number of carbonyl (C=O) groups is 3. The first-order valence-corrected chi connectivity index (χ1v) is 14.1. The molecule has 1 aromatic heterocycles. The standard InChI is InChI=1S/C33H37N5O5/c1-20(18-34)30(37-32(41)43-33(3,4)5)29-25-17-23(13-12-22(25)14-15-28(29)42-6)26-10-7-11-27(36-26)31(40)35-24-9-8-16-38(19-24)21(2)39/h7,10-15,17,24,30H,1,8-9,16,19H2,2-6H3,(H,35,40)(H,37,41)/t24-,30?/m1/s1. The number of hydrogen-bond donors (Lipinski definition) is 2. The molecule has 0 radical (unpaired) electrons. The number of amides is 3. The van der Waals surface area contributed by atoms with Gasteiger partial charge in [0, 0.05) is 42.8 Å². The average molecular weight is 584 g/mol. The minimum Gasteiger partial charge on any atom is -0.496 e. The maximum Gasteiger partial charge on any atom is 0.408 e. The summed E-state index contributed by atoms with van der Waals surface area (Å²) in [5.41, 5.74) is 1.44. The molecule has 1 fully saturated rings. The van der Waals surface area contributed by atoms with Crippen molar-refractivity contribution in [1.29, 1.82) is 5.26 Å². The molecule has 10 nitrogen and oxygen atoms in total. The van der Waals surface area contributed by atoms with E-state index in [2.05, 4.69) is 28.3 Å². The summed E-state index contributed by atoms with van der Waals surface area (Å²) < 4.78 is 11.1. The van der Waals surface area contributed by atoms with Gasteiger partial charge in [-0.3, -0.25) is 9.59 Å². The number of fused-ring (bicyclic) bond motifs is 1. The molecular formula is C33H37N5O5. The van der Waals surface area contributed by atoms with E-state index in [4.69, 9.17) is 9.47 Å². The number of likely N-dealkylation sites (tertiary alicyclic amines) is 1. The summed E-state index contributed by atoms with van der Waals surface area (Å²) in [6.45, 7) is 11.9. The first-order valence-electron chi connectivity index (χ1n) is 14.1. The molecular weight excluding hydrogens is 546 g/mol. The van der Waals surface area contributed by atoms with Gasteiger partial charge in [0.2, 0.25) is 5.91 Å². The second-order valence-electron chi connectivity index (χ2n) is 11.5. The van der Waals surface area contributed by atoms with Gasteiger partial charge >= 0.3 is 6.09 Å². The monoisotopic (exact) mass is 583 g/mol. The molecule has 1 aliphatic heterocycles. The van der Waals surface area contributed by atoms with Crippen molar-refractivity contribution in [3.63, 3.8) is 0 Å². The van der Waals surface area contributed by atoms with E-state index < -0.39 is 17.7 Å². The fraction of sp³-hybridized carbons (Fsp3) is 0.364. The van der Waals surface area contributed by atoms with Gasteiger partial charge in [0.15, 0.2) is 0 Å². The average Bonchev–Trinajstić information content (AvgIpc) is 2.98. The van der Waals surface area contributed by atoms with Crippen LogP contribution >= 0.6 is 0 Å². The van der Waals surface area contributed by atoms with Gasteiger partial charge in [-0.2, -0.15) is 5.26 Å². The first kappa shape index (κ1) is 31.0. The van der Waals surface area contributed by atoms with E-state index in [1.807, 2.05) is 24.3 Å². The molecule has 1 unspecified atom stereocenters. The largest absolute Gasteiger partial charge is 0.496 e. The Morgan fingerprint density at radius 1 is 1.16 bits per heavy atom. The molecule has 10 heteroatoms. The van der Waals surface area contributed by atoms with E-state index in [-0.39, 0.29) is 29.1 Å². The van der Waals surface area contributed by atoms with Gasteiger partial charge < -0.3 is 25.0 Å². The highest BCUT2D eigenvalue weighted by molar-refractivity contribution is 5.95. The summed E-state index contributed by atoms with van der Waals surface area (Å²) in [6.07, 6.45) is 0.911. The molecule has 2 aromatic carbocycles. The number of nitrogens with one attached hydrogen (secondary N) is 2. The molecule has 4 rings (SSSR count). The second kappa shape index (κ2) is 12.9. The quantitative estimate of drug-likeness (QED) is 0.361. The molecule has 2 heterocycles. The lowest BCUT2D eigenvalue weighted by atomic mass is 9.92. The molecule has 0 spiro atoms. The number of alkyl carbamates (subject to hydrolysis) is 1. The normalized spacial score (nSPS) is 15.6. The van der Waals surface area contributed by atoms with Crippen LogP contribution in [-0.4, -0.2) is 59.6 Å². The number of rotatable bonds is 7. The third kappa shape index (κ3) is 7.49.